The highest BCUT2D eigenvalue weighted by atomic mass is 35.5. The van der Waals surface area contributed by atoms with Gasteiger partial charge in [0.1, 0.15) is 5.75 Å². The summed E-state index contributed by atoms with van der Waals surface area (Å²) in [6.07, 6.45) is -0.353. The van der Waals surface area contributed by atoms with Gasteiger partial charge >= 0.3 is 0 Å². The Balaban J connectivity index is 0.00000300. The third kappa shape index (κ3) is 5.49. The van der Waals surface area contributed by atoms with Crippen molar-refractivity contribution in [3.05, 3.63) is 22.7 Å². The van der Waals surface area contributed by atoms with Gasteiger partial charge in [0.05, 0.1) is 16.3 Å². The predicted molar refractivity (Wildman–Crippen MR) is 120 cm³/mol. The van der Waals surface area contributed by atoms with Crippen molar-refractivity contribution in [2.75, 3.05) is 46.0 Å². The van der Waals surface area contributed by atoms with E-state index in [4.69, 9.17) is 22.1 Å². The number of carbonyl (C=O) groups is 1. The van der Waals surface area contributed by atoms with Crippen molar-refractivity contribution in [2.45, 2.75) is 26.0 Å². The number of benzene rings is 1. The van der Waals surface area contributed by atoms with Gasteiger partial charge in [-0.25, -0.2) is 0 Å². The summed E-state index contributed by atoms with van der Waals surface area (Å²) in [5, 5.41) is 3.61. The smallest absolute Gasteiger partial charge is 0.255 e. The Morgan fingerprint density at radius 1 is 1.24 bits per heavy atom. The molecule has 1 amide bonds. The largest absolute Gasteiger partial charge is 0.477 e. The zero-order chi connectivity index (χ0) is 20.4. The normalized spacial score (nSPS) is 25.2. The van der Waals surface area contributed by atoms with Crippen LogP contribution >= 0.6 is 24.0 Å². The van der Waals surface area contributed by atoms with Gasteiger partial charge in [-0.1, -0.05) is 17.5 Å². The van der Waals surface area contributed by atoms with Gasteiger partial charge in [0.25, 0.3) is 5.91 Å². The van der Waals surface area contributed by atoms with Crippen LogP contribution in [0.3, 0.4) is 0 Å². The molecular weight excluding hydrogens is 411 g/mol. The number of amides is 1. The van der Waals surface area contributed by atoms with Gasteiger partial charge in [0.2, 0.25) is 0 Å². The first-order valence-electron chi connectivity index (χ1n) is 9.64. The monoisotopic (exact) mass is 440 g/mol. The molecule has 2 aliphatic heterocycles. The Bertz CT molecular complexity index is 778. The van der Waals surface area contributed by atoms with E-state index in [-0.39, 0.29) is 30.5 Å². The van der Waals surface area contributed by atoms with E-state index in [9.17, 15) is 4.79 Å². The fourth-order valence-electron chi connectivity index (χ4n) is 4.44. The zero-order valence-electron chi connectivity index (χ0n) is 17.4. The van der Waals surface area contributed by atoms with Gasteiger partial charge in [-0.05, 0) is 34.0 Å². The minimum absolute atomic E-state index is 0. The number of hydrogen-bond acceptors (Lipinski definition) is 5. The number of nitrogens with two attached hydrogens (primary N) is 1. The third-order valence-corrected chi connectivity index (χ3v) is 5.82. The van der Waals surface area contributed by atoms with Crippen molar-refractivity contribution >= 4 is 35.6 Å². The highest BCUT2D eigenvalue weighted by Crippen LogP contribution is 2.32. The molecule has 0 unspecified atom stereocenters. The Labute approximate surface area is 184 Å². The summed E-state index contributed by atoms with van der Waals surface area (Å²) in [7, 11) is 4.29. The molecule has 0 radical (unpaired) electrons. The number of hydrogen-bond donors (Lipinski definition) is 2. The number of anilines is 1. The zero-order valence-corrected chi connectivity index (χ0v) is 18.9. The van der Waals surface area contributed by atoms with Crippen molar-refractivity contribution < 1.29 is 9.53 Å². The second-order valence-electron chi connectivity index (χ2n) is 7.99. The highest BCUT2D eigenvalue weighted by Gasteiger charge is 2.41. The van der Waals surface area contributed by atoms with E-state index in [0.717, 1.165) is 26.2 Å². The van der Waals surface area contributed by atoms with Crippen LogP contribution in [0.1, 0.15) is 24.2 Å². The molecule has 3 rings (SSSR count). The first-order valence-corrected chi connectivity index (χ1v) is 10.0. The minimum atomic E-state index is -0.353. The Morgan fingerprint density at radius 3 is 2.31 bits per heavy atom. The number of nitrogens with zero attached hydrogens (tertiary/aromatic N) is 2. The number of nitrogen functional groups attached to an aromatic ring is 1. The molecule has 2 aliphatic rings. The van der Waals surface area contributed by atoms with Gasteiger partial charge in [0.15, 0.2) is 6.10 Å². The molecule has 3 N–H and O–H groups in total. The number of carbonyl (C=O) groups excluding carboxylic acids is 1. The fourth-order valence-corrected chi connectivity index (χ4v) is 4.60. The molecule has 1 aromatic carbocycles. The van der Waals surface area contributed by atoms with E-state index in [0.29, 0.717) is 33.9 Å². The molecule has 2 fully saturated rings. The number of piperidine rings is 2. The van der Waals surface area contributed by atoms with E-state index >= 15 is 0 Å². The van der Waals surface area contributed by atoms with Crippen LogP contribution in [0.4, 0.5) is 5.69 Å². The number of likely N-dealkylation sites (tertiary alicyclic amines) is 2. The van der Waals surface area contributed by atoms with Crippen LogP contribution in [0.15, 0.2) is 12.1 Å². The lowest BCUT2D eigenvalue weighted by Crippen LogP contribution is -2.63. The molecule has 2 heterocycles. The number of nitrogens with one attached hydrogen (secondary N) is 1. The summed E-state index contributed by atoms with van der Waals surface area (Å²) in [5.41, 5.74) is 6.71. The standard InChI is InChI=1S/C21H29ClN4O2.ClH/c1-5-6-13(2)28-19-8-18(23)17(22)7-16(19)21(27)24-20-14-9-25(3)10-15(20)12-26(4)11-14;/h7-8,13-15,20H,9-12,23H2,1-4H3,(H,24,27);1H/t13-,14?,15?,20?;/m0./s1. The second-order valence-corrected chi connectivity index (χ2v) is 8.39. The Kier molecular flexibility index (Phi) is 8.07. The summed E-state index contributed by atoms with van der Waals surface area (Å²) in [5.74, 6) is 6.77. The maximum absolute atomic E-state index is 13.2. The number of halogens is 2. The first kappa shape index (κ1) is 23.6. The molecule has 2 bridgehead atoms. The first-order chi connectivity index (χ1) is 13.3. The van der Waals surface area contributed by atoms with E-state index in [1.807, 2.05) is 6.92 Å². The SMILES string of the molecule is CC#C[C@H](C)Oc1cc(N)c(Cl)cc1C(=O)NC1C2CN(C)CC1CN(C)C2.Cl. The summed E-state index contributed by atoms with van der Waals surface area (Å²) in [6.45, 7) is 7.47. The lowest BCUT2D eigenvalue weighted by molar-refractivity contribution is 0.0202. The molecule has 1 atom stereocenters. The van der Waals surface area contributed by atoms with Crippen LogP contribution in [0, 0.1) is 23.7 Å². The maximum atomic E-state index is 13.2. The van der Waals surface area contributed by atoms with Crippen LogP contribution in [0.25, 0.3) is 0 Å². The lowest BCUT2D eigenvalue weighted by Gasteiger charge is -2.49. The molecule has 160 valence electrons. The number of fused-ring (bicyclic) bond motifs is 2. The lowest BCUT2D eigenvalue weighted by atomic mass is 9.79. The molecule has 8 heteroatoms. The van der Waals surface area contributed by atoms with Crippen LogP contribution in [-0.4, -0.2) is 68.1 Å². The van der Waals surface area contributed by atoms with Crippen molar-refractivity contribution in [1.82, 2.24) is 15.1 Å². The Hall–Kier alpha value is -1.65. The van der Waals surface area contributed by atoms with Gasteiger partial charge in [0, 0.05) is 50.1 Å². The molecular formula is C21H30Cl2N4O2. The molecule has 0 aliphatic carbocycles. The molecule has 0 spiro atoms. The molecule has 6 nitrogen and oxygen atoms in total. The summed E-state index contributed by atoms with van der Waals surface area (Å²) in [6, 6.07) is 3.33. The minimum Gasteiger partial charge on any atom is -0.477 e. The summed E-state index contributed by atoms with van der Waals surface area (Å²) >= 11 is 6.20. The van der Waals surface area contributed by atoms with Crippen LogP contribution in [-0.2, 0) is 0 Å². The molecule has 1 aromatic rings. The van der Waals surface area contributed by atoms with E-state index in [1.165, 1.54) is 0 Å². The van der Waals surface area contributed by atoms with E-state index in [2.05, 4.69) is 41.1 Å². The molecule has 29 heavy (non-hydrogen) atoms. The van der Waals surface area contributed by atoms with Crippen molar-refractivity contribution in [2.24, 2.45) is 11.8 Å². The van der Waals surface area contributed by atoms with Crippen LogP contribution < -0.4 is 15.8 Å². The number of rotatable bonds is 4. The topological polar surface area (TPSA) is 70.8 Å². The van der Waals surface area contributed by atoms with Gasteiger partial charge < -0.3 is 25.6 Å². The molecule has 0 saturated carbocycles. The Morgan fingerprint density at radius 2 is 1.79 bits per heavy atom. The van der Waals surface area contributed by atoms with Gasteiger partial charge in [-0.3, -0.25) is 4.79 Å². The summed E-state index contributed by atoms with van der Waals surface area (Å²) in [4.78, 5) is 17.9. The molecule has 2 saturated heterocycles. The maximum Gasteiger partial charge on any atom is 0.255 e. The second kappa shape index (κ2) is 9.90. The van der Waals surface area contributed by atoms with Gasteiger partial charge in [-0.15, -0.1) is 18.3 Å². The van der Waals surface area contributed by atoms with Crippen molar-refractivity contribution in [3.63, 3.8) is 0 Å². The third-order valence-electron chi connectivity index (χ3n) is 5.49. The fraction of sp³-hybridized carbons (Fsp3) is 0.571. The van der Waals surface area contributed by atoms with E-state index in [1.54, 1.807) is 19.1 Å². The highest BCUT2D eigenvalue weighted by molar-refractivity contribution is 6.33. The average Bonchev–Trinajstić information content (AvgIpc) is 2.59. The van der Waals surface area contributed by atoms with Crippen LogP contribution in [0.2, 0.25) is 5.02 Å². The quantitative estimate of drug-likeness (QED) is 0.555. The van der Waals surface area contributed by atoms with Crippen molar-refractivity contribution in [1.29, 1.82) is 0 Å². The predicted octanol–water partition coefficient (Wildman–Crippen LogP) is 2.36. The average molecular weight is 441 g/mol. The van der Waals surface area contributed by atoms with Crippen molar-refractivity contribution in [3.8, 4) is 17.6 Å². The van der Waals surface area contributed by atoms with Gasteiger partial charge in [-0.2, -0.15) is 0 Å². The summed E-state index contributed by atoms with van der Waals surface area (Å²) < 4.78 is 5.87. The number of ether oxygens (including phenoxy) is 1. The van der Waals surface area contributed by atoms with Crippen LogP contribution in [0.5, 0.6) is 5.75 Å². The molecule has 0 aromatic heterocycles. The van der Waals surface area contributed by atoms with E-state index < -0.39 is 0 Å².